The molecule has 2 N–H and O–H groups in total. The molecule has 4 aromatic carbocycles. The molecule has 4 saturated heterocycles. The number of hydrogen-bond acceptors (Lipinski definition) is 9. The van der Waals surface area contributed by atoms with E-state index in [4.69, 9.17) is 14.2 Å². The number of carbonyl (C=O) groups is 4. The Labute approximate surface area is 522 Å². The molecule has 4 heterocycles. The summed E-state index contributed by atoms with van der Waals surface area (Å²) >= 11 is 0. The van der Waals surface area contributed by atoms with Crippen molar-refractivity contribution < 1.29 is 81.8 Å². The fourth-order valence-electron chi connectivity index (χ4n) is 8.92. The van der Waals surface area contributed by atoms with Gasteiger partial charge in [0.2, 0.25) is 0 Å². The zero-order chi connectivity index (χ0) is 60.2. The van der Waals surface area contributed by atoms with Crippen molar-refractivity contribution in [3.05, 3.63) is 150 Å². The minimum Gasteiger partial charge on any atom is -1.00 e. The molecule has 0 saturated carbocycles. The van der Waals surface area contributed by atoms with Gasteiger partial charge in [0, 0.05) is 71.4 Å². The number of aliphatic hydroxyl groups is 1. The van der Waals surface area contributed by atoms with Gasteiger partial charge in [0.15, 0.2) is 0 Å². The van der Waals surface area contributed by atoms with E-state index in [1.54, 1.807) is 63.2 Å². The Morgan fingerprint density at radius 3 is 1.08 bits per heavy atom. The number of benzene rings is 4. The van der Waals surface area contributed by atoms with Crippen LogP contribution in [0, 0.1) is 30.2 Å². The van der Waals surface area contributed by atoms with Crippen molar-refractivity contribution in [2.45, 2.75) is 174 Å². The second-order valence-electron chi connectivity index (χ2n) is 24.3. The molecule has 8 rings (SSSR count). The molecule has 84 heavy (non-hydrogen) atoms. The van der Waals surface area contributed by atoms with Crippen molar-refractivity contribution in [2.75, 3.05) is 52.4 Å². The van der Waals surface area contributed by atoms with Crippen LogP contribution in [0.4, 0.5) is 40.7 Å². The van der Waals surface area contributed by atoms with Crippen LogP contribution in [0.5, 0.6) is 0 Å². The summed E-state index contributed by atoms with van der Waals surface area (Å²) in [6.45, 7) is 24.1. The summed E-state index contributed by atoms with van der Waals surface area (Å²) in [6.07, 6.45) is 3.59. The van der Waals surface area contributed by atoms with Crippen LogP contribution in [-0.4, -0.2) is 153 Å². The number of ketones is 1. The number of ether oxygens (including phenoxy) is 3. The predicted octanol–water partition coefficient (Wildman–Crippen LogP) is 10.6. The maximum atomic E-state index is 14.9. The summed E-state index contributed by atoms with van der Waals surface area (Å²) in [7, 11) is 0. The van der Waals surface area contributed by atoms with E-state index < -0.39 is 39.8 Å². The molecule has 0 aliphatic carbocycles. The maximum absolute atomic E-state index is 14.9. The third kappa shape index (κ3) is 30.4. The van der Waals surface area contributed by atoms with Crippen LogP contribution < -0.4 is 22.3 Å². The van der Waals surface area contributed by atoms with Gasteiger partial charge in [0.25, 0.3) is 0 Å². The number of likely N-dealkylation sites (tertiary alicyclic amines) is 3. The molecule has 20 heteroatoms. The Balaban J connectivity index is 0.000000537. The Morgan fingerprint density at radius 2 is 0.774 bits per heavy atom. The Kier molecular flexibility index (Phi) is 32.0. The van der Waals surface area contributed by atoms with Gasteiger partial charge >= 0.3 is 41.3 Å². The number of carbonyl (C=O) groups excluding carboxylic acids is 4. The van der Waals surface area contributed by atoms with Crippen molar-refractivity contribution in [3.8, 4) is 0 Å². The van der Waals surface area contributed by atoms with Crippen LogP contribution in [0.25, 0.3) is 0 Å². The zero-order valence-electron chi connectivity index (χ0n) is 49.9. The van der Waals surface area contributed by atoms with E-state index in [0.717, 1.165) is 35.3 Å². The third-order valence-electron chi connectivity index (χ3n) is 13.4. The number of Topliss-reactive ketones (excluding diaryl/α,β-unsaturated/α-hetero) is 1. The van der Waals surface area contributed by atoms with E-state index in [-0.39, 0.29) is 108 Å². The summed E-state index contributed by atoms with van der Waals surface area (Å²) in [5.74, 6) is -0.855. The number of alkyl halides is 2. The van der Waals surface area contributed by atoms with E-state index in [0.29, 0.717) is 90.6 Å². The van der Waals surface area contributed by atoms with Gasteiger partial charge in [-0.05, 0) is 167 Å². The first-order chi connectivity index (χ1) is 37.7. The molecular formula is C64H89BrF6MgN4O8. The van der Waals surface area contributed by atoms with Gasteiger partial charge in [-0.2, -0.15) is 24.6 Å². The Morgan fingerprint density at radius 1 is 0.500 bits per heavy atom. The summed E-state index contributed by atoms with van der Waals surface area (Å²) in [4.78, 5) is 51.2. The van der Waals surface area contributed by atoms with E-state index >= 15 is 0 Å². The zero-order valence-corrected chi connectivity index (χ0v) is 52.9. The SMILES string of the molecule is C.CC(C)(C)OC(=O)N1CCC(=O)CC1.CC(C)(C)OC(=O)N1CCC(F)(Cc2ccc(F)cc2)CC1.CC(C)(C)OC(=O)N1CCC(O)(Cc2ccc(F)cc2)CC1.Fc1ccc(CC2(F)CCNCC2)cc1.[Br-].[CH2-]c1ccc(F)cc1.[Mg+2]. The van der Waals surface area contributed by atoms with E-state index in [1.165, 1.54) is 48.5 Å². The first-order valence-electron chi connectivity index (χ1n) is 27.8. The van der Waals surface area contributed by atoms with Crippen molar-refractivity contribution >= 4 is 47.1 Å². The van der Waals surface area contributed by atoms with Crippen LogP contribution >= 0.6 is 0 Å². The first-order valence-corrected chi connectivity index (χ1v) is 27.8. The summed E-state index contributed by atoms with van der Waals surface area (Å²) in [6, 6.07) is 24.2. The summed E-state index contributed by atoms with van der Waals surface area (Å²) in [5, 5.41) is 13.8. The Bertz CT molecular complexity index is 2450. The van der Waals surface area contributed by atoms with Crippen molar-refractivity contribution in [1.29, 1.82) is 0 Å². The van der Waals surface area contributed by atoms with Crippen LogP contribution in [0.3, 0.4) is 0 Å². The second kappa shape index (κ2) is 35.0. The molecule has 4 aromatic rings. The molecule has 4 aliphatic rings. The normalized spacial score (nSPS) is 17.0. The van der Waals surface area contributed by atoms with Crippen molar-refractivity contribution in [1.82, 2.24) is 20.0 Å². The van der Waals surface area contributed by atoms with Crippen LogP contribution in [0.15, 0.2) is 97.1 Å². The van der Waals surface area contributed by atoms with E-state index in [9.17, 15) is 50.6 Å². The molecule has 0 spiro atoms. The van der Waals surface area contributed by atoms with Crippen molar-refractivity contribution in [3.63, 3.8) is 0 Å². The van der Waals surface area contributed by atoms with Gasteiger partial charge in [-0.25, -0.2) is 40.7 Å². The topological polar surface area (TPSA) is 138 Å². The third-order valence-corrected chi connectivity index (χ3v) is 13.4. The quantitative estimate of drug-likeness (QED) is 0.0836. The van der Waals surface area contributed by atoms with Gasteiger partial charge in [-0.15, -0.1) is 0 Å². The van der Waals surface area contributed by atoms with E-state index in [2.05, 4.69) is 12.2 Å². The number of piperidine rings is 4. The van der Waals surface area contributed by atoms with Gasteiger partial charge in [0.1, 0.15) is 51.4 Å². The molecule has 0 aromatic heterocycles. The smallest absolute Gasteiger partial charge is 1.00 e. The standard InChI is InChI=1S/C17H23F2NO2.C17H24FNO3.C12H15F2N.C10H17NO3.C7H6F.CH4.BrH.Mg/c1-16(2,3)22-15(21)20-10-8-17(19,9-11-20)12-13-4-6-14(18)7-5-13;1-16(2,3)22-15(20)19-10-8-17(21,9-11-19)12-13-4-6-14(18)7-5-13;13-11-3-1-10(2-4-11)9-12(14)5-7-15-8-6-12;1-10(2,3)14-9(13)11-6-4-8(12)5-7-11;1-6-2-4-7(8)5-3-6;;;/h4-7H,8-12H2,1-3H3;4-7,21H,8-12H2,1-3H3;1-4,15H,5-9H2;4-7H2,1-3H3;2-5H,1H2;1H4;1H;/q;;;;-1;;;+2/p-1. The maximum Gasteiger partial charge on any atom is 2.00 e. The number of hydrogen-bond donors (Lipinski definition) is 2. The average molecular weight is 1260 g/mol. The number of amides is 3. The molecule has 464 valence electrons. The monoisotopic (exact) mass is 1260 g/mol. The minimum absolute atomic E-state index is 0. The van der Waals surface area contributed by atoms with Gasteiger partial charge in [0.05, 0.1) is 11.4 Å². The number of halogens is 7. The largest absolute Gasteiger partial charge is 2.00 e. The first kappa shape index (κ1) is 77.0. The number of nitrogens with one attached hydrogen (secondary N) is 1. The van der Waals surface area contributed by atoms with Gasteiger partial charge < -0.3 is 56.3 Å². The van der Waals surface area contributed by atoms with Crippen LogP contribution in [-0.2, 0) is 38.3 Å². The molecule has 0 unspecified atom stereocenters. The fraction of sp³-hybridized carbons (Fsp3) is 0.547. The van der Waals surface area contributed by atoms with Gasteiger partial charge in [-0.3, -0.25) is 4.79 Å². The minimum atomic E-state index is -1.35. The molecule has 0 atom stereocenters. The average Bonchev–Trinajstić information content (AvgIpc) is 3.59. The second-order valence-corrected chi connectivity index (χ2v) is 24.3. The van der Waals surface area contributed by atoms with Gasteiger partial charge in [-0.1, -0.05) is 56.0 Å². The molecule has 0 radical (unpaired) electrons. The molecule has 4 aliphatic heterocycles. The number of rotatable bonds is 6. The van der Waals surface area contributed by atoms with Crippen molar-refractivity contribution in [2.24, 2.45) is 0 Å². The molecular weight excluding hydrogens is 1170 g/mol. The molecule has 0 bridgehead atoms. The fourth-order valence-corrected chi connectivity index (χ4v) is 8.92. The van der Waals surface area contributed by atoms with E-state index in [1.807, 2.05) is 62.3 Å². The molecule has 12 nitrogen and oxygen atoms in total. The predicted molar refractivity (Wildman–Crippen MR) is 315 cm³/mol. The molecule has 3 amide bonds. The molecule has 4 fully saturated rings. The summed E-state index contributed by atoms with van der Waals surface area (Å²) in [5.41, 5.74) is -1.45. The number of nitrogens with zero attached hydrogens (tertiary/aromatic N) is 3. The van der Waals surface area contributed by atoms with Crippen LogP contribution in [0.1, 0.15) is 143 Å². The Hall–Kier alpha value is -5.02. The van der Waals surface area contributed by atoms with Crippen LogP contribution in [0.2, 0.25) is 0 Å². The summed E-state index contributed by atoms with van der Waals surface area (Å²) < 4.78 is 95.4.